The number of nitro benzene ring substituents is 1. The Labute approximate surface area is 274 Å². The van der Waals surface area contributed by atoms with Crippen LogP contribution < -0.4 is 4.74 Å². The summed E-state index contributed by atoms with van der Waals surface area (Å²) in [5.41, 5.74) is 2.85. The van der Waals surface area contributed by atoms with Gasteiger partial charge in [0.1, 0.15) is 11.5 Å². The van der Waals surface area contributed by atoms with E-state index in [4.69, 9.17) is 9.57 Å². The number of alkyl halides is 4. The lowest BCUT2D eigenvalue weighted by molar-refractivity contribution is -0.384. The van der Waals surface area contributed by atoms with Gasteiger partial charge in [0, 0.05) is 58.4 Å². The zero-order valence-electron chi connectivity index (χ0n) is 26.7. The van der Waals surface area contributed by atoms with Crippen molar-refractivity contribution in [1.82, 2.24) is 4.57 Å². The number of ether oxygens (including phenoxy) is 1. The molecule has 5 aromatic rings. The molecule has 1 unspecified atom stereocenters. The number of hydrogen-bond acceptors (Lipinski definition) is 6. The molecule has 0 saturated carbocycles. The Bertz CT molecular complexity index is 1990. The Hall–Kier alpha value is -5.00. The Balaban J connectivity index is 1.73. The van der Waals surface area contributed by atoms with E-state index in [-0.39, 0.29) is 17.1 Å². The summed E-state index contributed by atoms with van der Waals surface area (Å²) >= 11 is 0. The predicted molar refractivity (Wildman–Crippen MR) is 177 cm³/mol. The number of aromatic nitrogens is 1. The first-order valence-electron chi connectivity index (χ1n) is 15.7. The van der Waals surface area contributed by atoms with E-state index in [1.807, 2.05) is 30.3 Å². The third-order valence-corrected chi connectivity index (χ3v) is 8.44. The molecule has 0 saturated heterocycles. The van der Waals surface area contributed by atoms with E-state index in [9.17, 15) is 32.5 Å². The Morgan fingerprint density at radius 2 is 1.69 bits per heavy atom. The molecule has 4 aromatic carbocycles. The highest BCUT2D eigenvalue weighted by atomic mass is 19.3. The fourth-order valence-corrected chi connectivity index (χ4v) is 5.95. The third-order valence-electron chi connectivity index (χ3n) is 8.44. The molecular formula is C36H35F4N3O5. The van der Waals surface area contributed by atoms with Crippen LogP contribution in [-0.2, 0) is 16.2 Å². The average molecular weight is 666 g/mol. The summed E-state index contributed by atoms with van der Waals surface area (Å²) in [7, 11) is 0. The molecule has 0 amide bonds. The zero-order valence-corrected chi connectivity index (χ0v) is 26.7. The highest BCUT2D eigenvalue weighted by molar-refractivity contribution is 6.27. The van der Waals surface area contributed by atoms with Gasteiger partial charge < -0.3 is 14.1 Å². The molecule has 0 N–H and O–H groups in total. The van der Waals surface area contributed by atoms with Gasteiger partial charge >= 0.3 is 18.3 Å². The molecule has 0 aliphatic rings. The number of hydrogen-bond donors (Lipinski definition) is 0. The number of rotatable bonds is 14. The summed E-state index contributed by atoms with van der Waals surface area (Å²) in [6.45, 7) is 4.71. The number of fused-ring (bicyclic) bond motifs is 5. The van der Waals surface area contributed by atoms with Crippen LogP contribution in [-0.4, -0.2) is 40.1 Å². The molecule has 1 atom stereocenters. The smallest absolute Gasteiger partial charge is 0.340 e. The van der Waals surface area contributed by atoms with Gasteiger partial charge in [0.2, 0.25) is 0 Å². The van der Waals surface area contributed by atoms with Gasteiger partial charge in [-0.25, -0.2) is 13.6 Å². The standard InChI is InChI=1S/C36H35F4N3O5/c1-4-6-9-23(5-2)20-42-32-17-14-25(43(45)46)18-29(32)31-19-30(27-10-7-8-11-28(27)34(31)42)33(41-48-22(3)44)24-12-15-26(16-13-24)47-21-36(39,40)35(37)38/h7-8,10-19,23,35H,4-6,9,20-21H2,1-3H3. The van der Waals surface area contributed by atoms with Crippen molar-refractivity contribution in [3.05, 3.63) is 94.0 Å². The second-order valence-corrected chi connectivity index (χ2v) is 11.7. The van der Waals surface area contributed by atoms with Gasteiger partial charge in [-0.2, -0.15) is 8.78 Å². The van der Waals surface area contributed by atoms with Crippen molar-refractivity contribution in [3.63, 3.8) is 0 Å². The summed E-state index contributed by atoms with van der Waals surface area (Å²) in [5, 5.41) is 19.0. The van der Waals surface area contributed by atoms with Gasteiger partial charge in [0.05, 0.1) is 10.4 Å². The summed E-state index contributed by atoms with van der Waals surface area (Å²) in [6.07, 6.45) is 0.278. The van der Waals surface area contributed by atoms with Crippen molar-refractivity contribution in [2.45, 2.75) is 65.3 Å². The minimum atomic E-state index is -4.32. The molecule has 48 heavy (non-hydrogen) atoms. The number of carbonyl (C=O) groups is 1. The van der Waals surface area contributed by atoms with E-state index < -0.39 is 29.8 Å². The highest BCUT2D eigenvalue weighted by Crippen LogP contribution is 2.39. The summed E-state index contributed by atoms with van der Waals surface area (Å²) in [5.74, 6) is -4.71. The maximum absolute atomic E-state index is 13.5. The zero-order chi connectivity index (χ0) is 34.6. The topological polar surface area (TPSA) is 96.0 Å². The van der Waals surface area contributed by atoms with Gasteiger partial charge in [-0.1, -0.05) is 62.5 Å². The third kappa shape index (κ3) is 7.12. The van der Waals surface area contributed by atoms with Gasteiger partial charge in [0.15, 0.2) is 6.61 Å². The number of halogens is 4. The van der Waals surface area contributed by atoms with E-state index in [1.165, 1.54) is 37.3 Å². The molecule has 252 valence electrons. The lowest BCUT2D eigenvalue weighted by Crippen LogP contribution is -2.33. The minimum Gasteiger partial charge on any atom is -0.487 e. The van der Waals surface area contributed by atoms with Crippen molar-refractivity contribution in [1.29, 1.82) is 0 Å². The second kappa shape index (κ2) is 14.4. The molecule has 0 aliphatic carbocycles. The van der Waals surface area contributed by atoms with Crippen LogP contribution in [0.15, 0.2) is 78.0 Å². The van der Waals surface area contributed by atoms with Crippen LogP contribution >= 0.6 is 0 Å². The minimum absolute atomic E-state index is 0.0592. The van der Waals surface area contributed by atoms with Gasteiger partial charge in [0.25, 0.3) is 5.69 Å². The van der Waals surface area contributed by atoms with Crippen LogP contribution in [0.3, 0.4) is 0 Å². The van der Waals surface area contributed by atoms with Crippen LogP contribution in [0.5, 0.6) is 5.75 Å². The van der Waals surface area contributed by atoms with Gasteiger partial charge in [-0.15, -0.1) is 0 Å². The van der Waals surface area contributed by atoms with Crippen LogP contribution in [0.25, 0.3) is 32.6 Å². The fraction of sp³-hybridized carbons (Fsp3) is 0.333. The summed E-state index contributed by atoms with van der Waals surface area (Å²) in [6, 6.07) is 20.0. The Morgan fingerprint density at radius 1 is 0.979 bits per heavy atom. The van der Waals surface area contributed by atoms with E-state index in [1.54, 1.807) is 12.1 Å². The van der Waals surface area contributed by atoms with Crippen LogP contribution in [0, 0.1) is 16.0 Å². The molecular weight excluding hydrogens is 630 g/mol. The molecule has 0 fully saturated rings. The lowest BCUT2D eigenvalue weighted by atomic mass is 9.93. The largest absolute Gasteiger partial charge is 0.487 e. The molecule has 8 nitrogen and oxygen atoms in total. The first kappa shape index (κ1) is 34.3. The van der Waals surface area contributed by atoms with E-state index in [2.05, 4.69) is 23.6 Å². The number of nitro groups is 1. The molecule has 12 heteroatoms. The first-order chi connectivity index (χ1) is 22.9. The second-order valence-electron chi connectivity index (χ2n) is 11.7. The lowest BCUT2D eigenvalue weighted by Gasteiger charge is -2.19. The molecule has 0 bridgehead atoms. The van der Waals surface area contributed by atoms with E-state index >= 15 is 0 Å². The van der Waals surface area contributed by atoms with E-state index in [0.717, 1.165) is 52.9 Å². The molecule has 1 heterocycles. The van der Waals surface area contributed by atoms with Gasteiger partial charge in [-0.3, -0.25) is 10.1 Å². The number of nitrogens with zero attached hydrogens (tertiary/aromatic N) is 3. The number of benzene rings is 4. The Morgan fingerprint density at radius 3 is 2.31 bits per heavy atom. The summed E-state index contributed by atoms with van der Waals surface area (Å²) < 4.78 is 59.3. The van der Waals surface area contributed by atoms with Crippen molar-refractivity contribution >= 4 is 49.9 Å². The normalized spacial score (nSPS) is 13.0. The molecule has 0 aliphatic heterocycles. The highest BCUT2D eigenvalue weighted by Gasteiger charge is 2.41. The van der Waals surface area contributed by atoms with Gasteiger partial charge in [-0.05, 0) is 54.1 Å². The van der Waals surface area contributed by atoms with Crippen molar-refractivity contribution in [3.8, 4) is 5.75 Å². The first-order valence-corrected chi connectivity index (χ1v) is 15.7. The van der Waals surface area contributed by atoms with E-state index in [0.29, 0.717) is 29.0 Å². The molecule has 0 spiro atoms. The SMILES string of the molecule is CCCCC(CC)Cn1c2ccc([N+](=O)[O-])cc2c2cc(C(=NOC(C)=O)c3ccc(OCC(F)(F)C(F)F)cc3)c3ccccc3c21. The monoisotopic (exact) mass is 665 g/mol. The van der Waals surface area contributed by atoms with Crippen LogP contribution in [0.4, 0.5) is 23.2 Å². The number of non-ortho nitro benzene ring substituents is 1. The van der Waals surface area contributed by atoms with Crippen LogP contribution in [0.2, 0.25) is 0 Å². The molecule has 5 rings (SSSR count). The van der Waals surface area contributed by atoms with Crippen molar-refractivity contribution in [2.75, 3.05) is 6.61 Å². The maximum Gasteiger partial charge on any atom is 0.340 e. The molecule has 1 aromatic heterocycles. The maximum atomic E-state index is 13.5. The predicted octanol–water partition coefficient (Wildman–Crippen LogP) is 9.67. The Kier molecular flexibility index (Phi) is 10.3. The van der Waals surface area contributed by atoms with Crippen molar-refractivity contribution < 1.29 is 36.9 Å². The average Bonchev–Trinajstić information content (AvgIpc) is 3.38. The van der Waals surface area contributed by atoms with Crippen molar-refractivity contribution in [2.24, 2.45) is 11.1 Å². The number of oxime groups is 1. The number of carbonyl (C=O) groups excluding carboxylic acids is 1. The fourth-order valence-electron chi connectivity index (χ4n) is 5.95. The quantitative estimate of drug-likeness (QED) is 0.0387. The molecule has 0 radical (unpaired) electrons. The van der Waals surface area contributed by atoms with Crippen LogP contribution in [0.1, 0.15) is 57.6 Å². The number of unbranched alkanes of at least 4 members (excludes halogenated alkanes) is 1. The summed E-state index contributed by atoms with van der Waals surface area (Å²) in [4.78, 5) is 28.4.